The van der Waals surface area contributed by atoms with Crippen LogP contribution >= 0.6 is 0 Å². The van der Waals surface area contributed by atoms with Crippen molar-refractivity contribution in [2.75, 3.05) is 38.3 Å². The number of ether oxygens (including phenoxy) is 1. The molecule has 0 amide bonds. The first-order valence-corrected chi connectivity index (χ1v) is 5.43. The third-order valence-electron chi connectivity index (χ3n) is 2.45. The number of benzene rings is 1. The lowest BCUT2D eigenvalue weighted by Gasteiger charge is -2.24. The lowest BCUT2D eigenvalue weighted by molar-refractivity contribution is -0.384. The summed E-state index contributed by atoms with van der Waals surface area (Å²) in [5.41, 5.74) is 0.418. The van der Waals surface area contributed by atoms with Crippen molar-refractivity contribution in [3.05, 3.63) is 28.3 Å². The average Bonchev–Trinajstić information content (AvgIpc) is 2.37. The second-order valence-electron chi connectivity index (χ2n) is 3.55. The predicted molar refractivity (Wildman–Crippen MR) is 66.0 cm³/mol. The van der Waals surface area contributed by atoms with Gasteiger partial charge in [0.25, 0.3) is 5.69 Å². The summed E-state index contributed by atoms with van der Waals surface area (Å²) in [5.74, 6) is 0.461. The Morgan fingerprint density at radius 2 is 1.94 bits per heavy atom. The molecule has 0 spiro atoms. The van der Waals surface area contributed by atoms with Crippen LogP contribution in [0.5, 0.6) is 5.75 Å². The Bertz CT molecular complexity index is 404. The van der Waals surface area contributed by atoms with Gasteiger partial charge in [0.15, 0.2) is 0 Å². The van der Waals surface area contributed by atoms with E-state index in [1.165, 1.54) is 25.3 Å². The molecule has 0 aliphatic rings. The molecular weight excluding hydrogens is 240 g/mol. The molecule has 100 valence electrons. The fourth-order valence-electron chi connectivity index (χ4n) is 1.63. The SMILES string of the molecule is COc1ccc([N+](=O)[O-])cc1N(CCO)CCO. The Morgan fingerprint density at radius 3 is 2.39 bits per heavy atom. The Labute approximate surface area is 104 Å². The first-order chi connectivity index (χ1) is 8.63. The van der Waals surface area contributed by atoms with E-state index in [9.17, 15) is 10.1 Å². The van der Waals surface area contributed by atoms with Gasteiger partial charge in [-0.2, -0.15) is 0 Å². The molecule has 0 heterocycles. The average molecular weight is 256 g/mol. The monoisotopic (exact) mass is 256 g/mol. The van der Waals surface area contributed by atoms with E-state index in [-0.39, 0.29) is 32.0 Å². The quantitative estimate of drug-likeness (QED) is 0.541. The van der Waals surface area contributed by atoms with Crippen molar-refractivity contribution in [2.45, 2.75) is 0 Å². The molecule has 0 aliphatic carbocycles. The van der Waals surface area contributed by atoms with Gasteiger partial charge in [0.1, 0.15) is 5.75 Å². The summed E-state index contributed by atoms with van der Waals surface area (Å²) in [6.45, 7) is 0.286. The molecule has 0 saturated heterocycles. The van der Waals surface area contributed by atoms with Gasteiger partial charge in [0, 0.05) is 25.2 Å². The van der Waals surface area contributed by atoms with Gasteiger partial charge in [-0.05, 0) is 6.07 Å². The van der Waals surface area contributed by atoms with Crippen molar-refractivity contribution in [2.24, 2.45) is 0 Å². The van der Waals surface area contributed by atoms with Gasteiger partial charge < -0.3 is 19.8 Å². The smallest absolute Gasteiger partial charge is 0.271 e. The number of non-ortho nitro benzene ring substituents is 1. The van der Waals surface area contributed by atoms with Crippen LogP contribution in [0.15, 0.2) is 18.2 Å². The third kappa shape index (κ3) is 3.31. The van der Waals surface area contributed by atoms with Gasteiger partial charge in [0.2, 0.25) is 0 Å². The Kier molecular flexibility index (Phi) is 5.34. The highest BCUT2D eigenvalue weighted by Gasteiger charge is 2.16. The predicted octanol–water partition coefficient (Wildman–Crippen LogP) is 0.394. The molecule has 0 aromatic heterocycles. The van der Waals surface area contributed by atoms with Crippen LogP contribution in [0.3, 0.4) is 0 Å². The molecular formula is C11H16N2O5. The number of rotatable bonds is 7. The highest BCUT2D eigenvalue weighted by Crippen LogP contribution is 2.31. The van der Waals surface area contributed by atoms with Crippen LogP contribution in [0.2, 0.25) is 0 Å². The van der Waals surface area contributed by atoms with Gasteiger partial charge >= 0.3 is 0 Å². The first kappa shape index (κ1) is 14.2. The standard InChI is InChI=1S/C11H16N2O5/c1-18-11-3-2-9(13(16)17)8-10(11)12(4-6-14)5-7-15/h2-3,8,14-15H,4-7H2,1H3. The molecule has 0 radical (unpaired) electrons. The summed E-state index contributed by atoms with van der Waals surface area (Å²) in [7, 11) is 1.46. The zero-order valence-electron chi connectivity index (χ0n) is 10.1. The van der Waals surface area contributed by atoms with Gasteiger partial charge in [-0.3, -0.25) is 10.1 Å². The number of nitro benzene ring substituents is 1. The maximum Gasteiger partial charge on any atom is 0.271 e. The molecule has 0 atom stereocenters. The van der Waals surface area contributed by atoms with Crippen LogP contribution in [-0.2, 0) is 0 Å². The minimum atomic E-state index is -0.501. The zero-order chi connectivity index (χ0) is 13.5. The zero-order valence-corrected chi connectivity index (χ0v) is 10.1. The van der Waals surface area contributed by atoms with E-state index in [0.29, 0.717) is 11.4 Å². The largest absolute Gasteiger partial charge is 0.495 e. The van der Waals surface area contributed by atoms with Gasteiger partial charge in [0.05, 0.1) is 30.9 Å². The summed E-state index contributed by atoms with van der Waals surface area (Å²) < 4.78 is 5.13. The van der Waals surface area contributed by atoms with Crippen molar-refractivity contribution in [3.63, 3.8) is 0 Å². The lowest BCUT2D eigenvalue weighted by Crippen LogP contribution is -2.30. The maximum absolute atomic E-state index is 10.7. The number of aliphatic hydroxyl groups is 2. The van der Waals surface area contributed by atoms with E-state index < -0.39 is 4.92 Å². The van der Waals surface area contributed by atoms with Crippen LogP contribution in [0.25, 0.3) is 0 Å². The molecule has 0 fully saturated rings. The number of anilines is 1. The van der Waals surface area contributed by atoms with E-state index in [4.69, 9.17) is 14.9 Å². The molecule has 2 N–H and O–H groups in total. The summed E-state index contributed by atoms with van der Waals surface area (Å²) in [4.78, 5) is 11.9. The summed E-state index contributed by atoms with van der Waals surface area (Å²) in [6.07, 6.45) is 0. The van der Waals surface area contributed by atoms with Crippen LogP contribution in [0.1, 0.15) is 0 Å². The number of hydrogen-bond acceptors (Lipinski definition) is 6. The molecule has 0 saturated carbocycles. The fraction of sp³-hybridized carbons (Fsp3) is 0.455. The van der Waals surface area contributed by atoms with Crippen LogP contribution in [0, 0.1) is 10.1 Å². The minimum absolute atomic E-state index is 0.0633. The molecule has 0 bridgehead atoms. The summed E-state index contributed by atoms with van der Waals surface area (Å²) in [6, 6.07) is 4.21. The van der Waals surface area contributed by atoms with Crippen LogP contribution in [0.4, 0.5) is 11.4 Å². The van der Waals surface area contributed by atoms with Gasteiger partial charge in [-0.1, -0.05) is 0 Å². The van der Waals surface area contributed by atoms with Crippen LogP contribution < -0.4 is 9.64 Å². The number of nitrogens with zero attached hydrogens (tertiary/aromatic N) is 2. The topological polar surface area (TPSA) is 96.1 Å². The van der Waals surface area contributed by atoms with E-state index in [0.717, 1.165) is 0 Å². The summed E-state index contributed by atoms with van der Waals surface area (Å²) >= 11 is 0. The molecule has 1 aromatic rings. The molecule has 1 rings (SSSR count). The van der Waals surface area contributed by atoms with E-state index >= 15 is 0 Å². The van der Waals surface area contributed by atoms with Crippen molar-refractivity contribution in [1.82, 2.24) is 0 Å². The Balaban J connectivity index is 3.14. The molecule has 18 heavy (non-hydrogen) atoms. The lowest BCUT2D eigenvalue weighted by atomic mass is 10.2. The van der Waals surface area contributed by atoms with Crippen LogP contribution in [-0.4, -0.2) is 48.5 Å². The van der Waals surface area contributed by atoms with E-state index in [1.807, 2.05) is 0 Å². The van der Waals surface area contributed by atoms with Gasteiger partial charge in [-0.25, -0.2) is 0 Å². The Morgan fingerprint density at radius 1 is 1.33 bits per heavy atom. The highest BCUT2D eigenvalue weighted by molar-refractivity contribution is 5.63. The molecule has 7 nitrogen and oxygen atoms in total. The summed E-state index contributed by atoms with van der Waals surface area (Å²) in [5, 5.41) is 28.7. The molecule has 7 heteroatoms. The minimum Gasteiger partial charge on any atom is -0.495 e. The van der Waals surface area contributed by atoms with Crippen molar-refractivity contribution in [3.8, 4) is 5.75 Å². The fourth-order valence-corrected chi connectivity index (χ4v) is 1.63. The van der Waals surface area contributed by atoms with Crippen molar-refractivity contribution < 1.29 is 19.9 Å². The Hall–Kier alpha value is -1.86. The first-order valence-electron chi connectivity index (χ1n) is 5.43. The number of methoxy groups -OCH3 is 1. The van der Waals surface area contributed by atoms with Crippen molar-refractivity contribution in [1.29, 1.82) is 0 Å². The number of aliphatic hydroxyl groups excluding tert-OH is 2. The molecule has 0 aliphatic heterocycles. The van der Waals surface area contributed by atoms with E-state index in [2.05, 4.69) is 0 Å². The van der Waals surface area contributed by atoms with Gasteiger partial charge in [-0.15, -0.1) is 0 Å². The highest BCUT2D eigenvalue weighted by atomic mass is 16.6. The number of hydrogen-bond donors (Lipinski definition) is 2. The number of nitro groups is 1. The third-order valence-corrected chi connectivity index (χ3v) is 2.45. The van der Waals surface area contributed by atoms with Crippen molar-refractivity contribution >= 4 is 11.4 Å². The second-order valence-corrected chi connectivity index (χ2v) is 3.55. The normalized spacial score (nSPS) is 10.2. The molecule has 0 unspecified atom stereocenters. The second kappa shape index (κ2) is 6.77. The van der Waals surface area contributed by atoms with E-state index in [1.54, 1.807) is 4.90 Å². The molecule has 1 aromatic carbocycles. The maximum atomic E-state index is 10.7.